The zero-order valence-electron chi connectivity index (χ0n) is 11.4. The molecule has 106 valence electrons. The Hall–Kier alpha value is -2.69. The molecule has 1 aromatic heterocycles. The number of nitrogens with zero attached hydrogens (tertiary/aromatic N) is 1. The molecular weight excluding hydrogens is 266 g/mol. The smallest absolute Gasteiger partial charge is 0.297 e. The van der Waals surface area contributed by atoms with E-state index in [1.165, 1.54) is 6.08 Å². The topological polar surface area (TPSA) is 74.8 Å². The largest absolute Gasteiger partial charge is 0.302 e. The fourth-order valence-corrected chi connectivity index (χ4v) is 1.99. The van der Waals surface area contributed by atoms with E-state index in [4.69, 9.17) is 0 Å². The van der Waals surface area contributed by atoms with E-state index in [-0.39, 0.29) is 0 Å². The first kappa shape index (κ1) is 13.3. The molecule has 21 heavy (non-hydrogen) atoms. The molecular formula is C16H15N3O2. The van der Waals surface area contributed by atoms with Crippen LogP contribution in [-0.4, -0.2) is 21.9 Å². The lowest BCUT2D eigenvalue weighted by molar-refractivity contribution is -0.131. The van der Waals surface area contributed by atoms with Crippen LogP contribution in [0.15, 0.2) is 42.5 Å². The van der Waals surface area contributed by atoms with E-state index in [0.717, 1.165) is 24.1 Å². The zero-order chi connectivity index (χ0) is 14.7. The van der Waals surface area contributed by atoms with Crippen molar-refractivity contribution in [3.63, 3.8) is 0 Å². The number of ketones is 1. The summed E-state index contributed by atoms with van der Waals surface area (Å²) in [5.41, 5.74) is 1.88. The monoisotopic (exact) mass is 281 g/mol. The Morgan fingerprint density at radius 3 is 2.71 bits per heavy atom. The number of aromatic nitrogens is 2. The van der Waals surface area contributed by atoms with E-state index in [9.17, 15) is 9.59 Å². The first-order chi connectivity index (χ1) is 10.2. The van der Waals surface area contributed by atoms with Crippen molar-refractivity contribution in [1.82, 2.24) is 10.2 Å². The number of hydrogen-bond acceptors (Lipinski definition) is 3. The molecule has 0 radical (unpaired) electrons. The third kappa shape index (κ3) is 3.45. The maximum absolute atomic E-state index is 11.8. The fraction of sp³-hybridized carbons (Fsp3) is 0.188. The van der Waals surface area contributed by atoms with Crippen LogP contribution in [0.1, 0.15) is 30.0 Å². The number of amides is 1. The van der Waals surface area contributed by atoms with Crippen LogP contribution < -0.4 is 5.32 Å². The fourth-order valence-electron chi connectivity index (χ4n) is 1.99. The molecule has 1 aromatic carbocycles. The van der Waals surface area contributed by atoms with Crippen molar-refractivity contribution in [2.45, 2.75) is 18.8 Å². The summed E-state index contributed by atoms with van der Waals surface area (Å²) in [6.45, 7) is 0. The minimum Gasteiger partial charge on any atom is -0.302 e. The zero-order valence-corrected chi connectivity index (χ0v) is 11.4. The Kier molecular flexibility index (Phi) is 3.64. The molecule has 0 aliphatic heterocycles. The van der Waals surface area contributed by atoms with Gasteiger partial charge in [-0.05, 0) is 24.5 Å². The minimum atomic E-state index is -0.684. The normalized spacial score (nSPS) is 14.3. The molecule has 0 saturated heterocycles. The number of carbonyl (C=O) groups excluding carboxylic acids is 2. The SMILES string of the molecule is O=C(C=Cc1ccccc1)C(=O)Nc1cc(C2CC2)[nH]n1. The van der Waals surface area contributed by atoms with Crippen LogP contribution >= 0.6 is 0 Å². The minimum absolute atomic E-state index is 0.392. The number of aromatic amines is 1. The third-order valence-electron chi connectivity index (χ3n) is 3.31. The van der Waals surface area contributed by atoms with E-state index in [1.807, 2.05) is 30.3 Å². The van der Waals surface area contributed by atoms with Gasteiger partial charge in [-0.2, -0.15) is 5.10 Å². The quantitative estimate of drug-likeness (QED) is 0.653. The molecule has 1 saturated carbocycles. The lowest BCUT2D eigenvalue weighted by Gasteiger charge is -1.97. The van der Waals surface area contributed by atoms with E-state index >= 15 is 0 Å². The standard InChI is InChI=1S/C16H15N3O2/c20-14(9-6-11-4-2-1-3-5-11)16(21)17-15-10-13(18-19-15)12-7-8-12/h1-6,9-10,12H,7-8H2,(H2,17,18,19,21). The van der Waals surface area contributed by atoms with Gasteiger partial charge in [0.1, 0.15) is 0 Å². The molecule has 0 spiro atoms. The van der Waals surface area contributed by atoms with Gasteiger partial charge >= 0.3 is 0 Å². The summed E-state index contributed by atoms with van der Waals surface area (Å²) in [6.07, 6.45) is 5.17. The summed E-state index contributed by atoms with van der Waals surface area (Å²) in [7, 11) is 0. The van der Waals surface area contributed by atoms with Gasteiger partial charge in [0.25, 0.3) is 5.91 Å². The molecule has 0 bridgehead atoms. The predicted molar refractivity (Wildman–Crippen MR) is 79.7 cm³/mol. The Bertz CT molecular complexity index is 685. The number of H-pyrrole nitrogens is 1. The molecule has 0 atom stereocenters. The number of anilines is 1. The van der Waals surface area contributed by atoms with Gasteiger partial charge in [-0.1, -0.05) is 36.4 Å². The molecule has 5 heteroatoms. The van der Waals surface area contributed by atoms with Crippen molar-refractivity contribution in [3.8, 4) is 0 Å². The van der Waals surface area contributed by atoms with E-state index in [1.54, 1.807) is 12.1 Å². The van der Waals surface area contributed by atoms with Crippen molar-refractivity contribution in [3.05, 3.63) is 53.7 Å². The Morgan fingerprint density at radius 1 is 1.24 bits per heavy atom. The molecule has 1 aliphatic carbocycles. The van der Waals surface area contributed by atoms with Crippen LogP contribution in [0.25, 0.3) is 6.08 Å². The van der Waals surface area contributed by atoms with Crippen molar-refractivity contribution in [1.29, 1.82) is 0 Å². The van der Waals surface area contributed by atoms with Crippen LogP contribution in [0.3, 0.4) is 0 Å². The van der Waals surface area contributed by atoms with Gasteiger partial charge in [0.2, 0.25) is 5.78 Å². The molecule has 1 fully saturated rings. The van der Waals surface area contributed by atoms with Gasteiger partial charge in [0.05, 0.1) is 0 Å². The first-order valence-corrected chi connectivity index (χ1v) is 6.86. The number of benzene rings is 1. The number of hydrogen-bond donors (Lipinski definition) is 2. The van der Waals surface area contributed by atoms with Gasteiger partial charge < -0.3 is 5.32 Å². The summed E-state index contributed by atoms with van der Waals surface area (Å²) in [5, 5.41) is 9.36. The average Bonchev–Trinajstić information content (AvgIpc) is 3.26. The molecule has 5 nitrogen and oxygen atoms in total. The Morgan fingerprint density at radius 2 is 2.00 bits per heavy atom. The van der Waals surface area contributed by atoms with Crippen LogP contribution in [0.2, 0.25) is 0 Å². The van der Waals surface area contributed by atoms with Gasteiger partial charge in [0.15, 0.2) is 5.82 Å². The van der Waals surface area contributed by atoms with E-state index < -0.39 is 11.7 Å². The van der Waals surface area contributed by atoms with Crippen molar-refractivity contribution >= 4 is 23.6 Å². The second-order valence-electron chi connectivity index (χ2n) is 5.05. The number of rotatable bonds is 5. The van der Waals surface area contributed by atoms with Gasteiger partial charge in [-0.15, -0.1) is 0 Å². The molecule has 1 heterocycles. The van der Waals surface area contributed by atoms with Crippen LogP contribution in [0, 0.1) is 0 Å². The highest BCUT2D eigenvalue weighted by atomic mass is 16.2. The molecule has 0 unspecified atom stereocenters. The maximum Gasteiger partial charge on any atom is 0.297 e. The summed E-state index contributed by atoms with van der Waals surface area (Å²) in [5.74, 6) is -0.369. The van der Waals surface area contributed by atoms with Gasteiger partial charge in [-0.3, -0.25) is 14.7 Å². The van der Waals surface area contributed by atoms with Crippen LogP contribution in [0.4, 0.5) is 5.82 Å². The van der Waals surface area contributed by atoms with E-state index in [0.29, 0.717) is 11.7 Å². The Labute approximate surface area is 122 Å². The third-order valence-corrected chi connectivity index (χ3v) is 3.31. The van der Waals surface area contributed by atoms with Crippen molar-refractivity contribution in [2.24, 2.45) is 0 Å². The molecule has 1 amide bonds. The predicted octanol–water partition coefficient (Wildman–Crippen LogP) is 2.51. The van der Waals surface area contributed by atoms with Crippen molar-refractivity contribution < 1.29 is 9.59 Å². The summed E-state index contributed by atoms with van der Waals surface area (Å²) < 4.78 is 0. The lowest BCUT2D eigenvalue weighted by atomic mass is 10.2. The maximum atomic E-state index is 11.8. The molecule has 1 aliphatic rings. The highest BCUT2D eigenvalue weighted by Gasteiger charge is 2.25. The van der Waals surface area contributed by atoms with Gasteiger partial charge in [-0.25, -0.2) is 0 Å². The molecule has 2 N–H and O–H groups in total. The Balaban J connectivity index is 1.59. The van der Waals surface area contributed by atoms with Crippen LogP contribution in [0.5, 0.6) is 0 Å². The van der Waals surface area contributed by atoms with Crippen LogP contribution in [-0.2, 0) is 9.59 Å². The molecule has 3 rings (SSSR count). The summed E-state index contributed by atoms with van der Waals surface area (Å²) in [4.78, 5) is 23.5. The average molecular weight is 281 g/mol. The van der Waals surface area contributed by atoms with E-state index in [2.05, 4.69) is 15.5 Å². The number of nitrogens with one attached hydrogen (secondary N) is 2. The summed E-state index contributed by atoms with van der Waals surface area (Å²) in [6, 6.07) is 11.1. The number of carbonyl (C=O) groups is 2. The second kappa shape index (κ2) is 5.75. The van der Waals surface area contributed by atoms with Crippen molar-refractivity contribution in [2.75, 3.05) is 5.32 Å². The lowest BCUT2D eigenvalue weighted by Crippen LogP contribution is -2.20. The molecule has 2 aromatic rings. The highest BCUT2D eigenvalue weighted by molar-refractivity contribution is 6.45. The first-order valence-electron chi connectivity index (χ1n) is 6.86. The second-order valence-corrected chi connectivity index (χ2v) is 5.05. The highest BCUT2D eigenvalue weighted by Crippen LogP contribution is 2.39. The summed E-state index contributed by atoms with van der Waals surface area (Å²) >= 11 is 0. The van der Waals surface area contributed by atoms with Gasteiger partial charge in [0, 0.05) is 17.7 Å².